The summed E-state index contributed by atoms with van der Waals surface area (Å²) in [7, 11) is 1.56. The van der Waals surface area contributed by atoms with Crippen molar-refractivity contribution in [2.75, 3.05) is 26.8 Å². The Bertz CT molecular complexity index is 515. The number of rotatable bonds is 5. The van der Waals surface area contributed by atoms with Crippen LogP contribution in [0.4, 0.5) is 0 Å². The Morgan fingerprint density at radius 3 is 2.90 bits per heavy atom. The summed E-state index contributed by atoms with van der Waals surface area (Å²) in [5.74, 6) is 0.624. The van der Waals surface area contributed by atoms with Gasteiger partial charge in [0.1, 0.15) is 5.75 Å². The van der Waals surface area contributed by atoms with E-state index in [4.69, 9.17) is 9.47 Å². The van der Waals surface area contributed by atoms with Crippen LogP contribution < -0.4 is 4.74 Å². The SMILES string of the molecule is COc1cccc(C(=O)CCC(=O)N2CCOC(C)C2)c1. The summed E-state index contributed by atoms with van der Waals surface area (Å²) in [5, 5.41) is 0. The van der Waals surface area contributed by atoms with Crippen LogP contribution in [-0.4, -0.2) is 49.5 Å². The Kier molecular flexibility index (Phi) is 5.33. The Labute approximate surface area is 124 Å². The van der Waals surface area contributed by atoms with Gasteiger partial charge < -0.3 is 14.4 Å². The molecular weight excluding hydrogens is 270 g/mol. The summed E-state index contributed by atoms with van der Waals surface area (Å²) in [6, 6.07) is 7.00. The largest absolute Gasteiger partial charge is 0.497 e. The highest BCUT2D eigenvalue weighted by atomic mass is 16.5. The predicted octanol–water partition coefficient (Wildman–Crippen LogP) is 1.91. The lowest BCUT2D eigenvalue weighted by Gasteiger charge is -2.31. The smallest absolute Gasteiger partial charge is 0.223 e. The second-order valence-electron chi connectivity index (χ2n) is 5.18. The summed E-state index contributed by atoms with van der Waals surface area (Å²) in [4.78, 5) is 26.0. The van der Waals surface area contributed by atoms with Gasteiger partial charge in [-0.15, -0.1) is 0 Å². The molecule has 1 unspecified atom stereocenters. The van der Waals surface area contributed by atoms with Crippen LogP contribution in [0.2, 0.25) is 0 Å². The average Bonchev–Trinajstić information content (AvgIpc) is 2.52. The molecule has 1 amide bonds. The zero-order valence-electron chi connectivity index (χ0n) is 12.5. The van der Waals surface area contributed by atoms with E-state index >= 15 is 0 Å². The first-order valence-electron chi connectivity index (χ1n) is 7.17. The molecule has 0 radical (unpaired) electrons. The lowest BCUT2D eigenvalue weighted by atomic mass is 10.1. The average molecular weight is 291 g/mol. The number of methoxy groups -OCH3 is 1. The molecule has 0 aromatic heterocycles. The fourth-order valence-corrected chi connectivity index (χ4v) is 2.36. The molecule has 1 aliphatic rings. The fraction of sp³-hybridized carbons (Fsp3) is 0.500. The molecule has 1 aliphatic heterocycles. The van der Waals surface area contributed by atoms with Gasteiger partial charge in [0, 0.05) is 31.5 Å². The molecule has 1 atom stereocenters. The molecule has 0 aliphatic carbocycles. The van der Waals surface area contributed by atoms with Gasteiger partial charge in [-0.3, -0.25) is 9.59 Å². The molecule has 5 heteroatoms. The van der Waals surface area contributed by atoms with E-state index in [-0.39, 0.29) is 30.6 Å². The van der Waals surface area contributed by atoms with Crippen LogP contribution in [-0.2, 0) is 9.53 Å². The van der Waals surface area contributed by atoms with E-state index in [0.717, 1.165) is 0 Å². The van der Waals surface area contributed by atoms with Gasteiger partial charge in [0.05, 0.1) is 19.8 Å². The Hall–Kier alpha value is -1.88. The number of hydrogen-bond donors (Lipinski definition) is 0. The molecule has 114 valence electrons. The van der Waals surface area contributed by atoms with Crippen LogP contribution >= 0.6 is 0 Å². The minimum Gasteiger partial charge on any atom is -0.497 e. The highest BCUT2D eigenvalue weighted by molar-refractivity contribution is 5.98. The van der Waals surface area contributed by atoms with Gasteiger partial charge in [-0.25, -0.2) is 0 Å². The normalized spacial score (nSPS) is 18.4. The number of carbonyl (C=O) groups excluding carboxylic acids is 2. The lowest BCUT2D eigenvalue weighted by molar-refractivity contribution is -0.138. The first kappa shape index (κ1) is 15.5. The van der Waals surface area contributed by atoms with Crippen molar-refractivity contribution in [2.24, 2.45) is 0 Å². The zero-order chi connectivity index (χ0) is 15.2. The minimum absolute atomic E-state index is 0.0152. The van der Waals surface area contributed by atoms with Crippen molar-refractivity contribution in [3.05, 3.63) is 29.8 Å². The van der Waals surface area contributed by atoms with Crippen LogP contribution in [0, 0.1) is 0 Å². The van der Waals surface area contributed by atoms with E-state index < -0.39 is 0 Å². The number of hydrogen-bond acceptors (Lipinski definition) is 4. The molecule has 1 fully saturated rings. The topological polar surface area (TPSA) is 55.8 Å². The van der Waals surface area contributed by atoms with Gasteiger partial charge >= 0.3 is 0 Å². The highest BCUT2D eigenvalue weighted by Gasteiger charge is 2.21. The van der Waals surface area contributed by atoms with Crippen LogP contribution in [0.1, 0.15) is 30.1 Å². The third-order valence-electron chi connectivity index (χ3n) is 3.55. The summed E-state index contributed by atoms with van der Waals surface area (Å²) < 4.78 is 10.5. The van der Waals surface area contributed by atoms with Gasteiger partial charge in [0.25, 0.3) is 0 Å². The number of ether oxygens (including phenoxy) is 2. The molecule has 2 rings (SSSR count). The summed E-state index contributed by atoms with van der Waals surface area (Å²) in [6.45, 7) is 3.72. The van der Waals surface area contributed by atoms with Gasteiger partial charge in [-0.2, -0.15) is 0 Å². The second-order valence-corrected chi connectivity index (χ2v) is 5.18. The standard InChI is InChI=1S/C16H21NO4/c1-12-11-17(8-9-21-12)16(19)7-6-15(18)13-4-3-5-14(10-13)20-2/h3-5,10,12H,6-9,11H2,1-2H3. The van der Waals surface area contributed by atoms with E-state index in [1.54, 1.807) is 36.3 Å². The Balaban J connectivity index is 1.86. The van der Waals surface area contributed by atoms with E-state index in [1.807, 2.05) is 6.92 Å². The van der Waals surface area contributed by atoms with E-state index in [9.17, 15) is 9.59 Å². The first-order chi connectivity index (χ1) is 10.1. The maximum absolute atomic E-state index is 12.1. The number of carbonyl (C=O) groups is 2. The highest BCUT2D eigenvalue weighted by Crippen LogP contribution is 2.15. The summed E-state index contributed by atoms with van der Waals surface area (Å²) >= 11 is 0. The molecule has 0 N–H and O–H groups in total. The summed E-state index contributed by atoms with van der Waals surface area (Å²) in [5.41, 5.74) is 0.581. The van der Waals surface area contributed by atoms with Gasteiger partial charge in [-0.1, -0.05) is 12.1 Å². The van der Waals surface area contributed by atoms with Gasteiger partial charge in [0.15, 0.2) is 5.78 Å². The molecule has 0 saturated carbocycles. The molecule has 21 heavy (non-hydrogen) atoms. The second kappa shape index (κ2) is 7.22. The van der Waals surface area contributed by atoms with Crippen molar-refractivity contribution in [2.45, 2.75) is 25.9 Å². The number of Topliss-reactive ketones (excluding diaryl/α,β-unsaturated/α-hetero) is 1. The fourth-order valence-electron chi connectivity index (χ4n) is 2.36. The van der Waals surface area contributed by atoms with E-state index in [2.05, 4.69) is 0 Å². The van der Waals surface area contributed by atoms with E-state index in [0.29, 0.717) is 31.0 Å². The molecule has 1 heterocycles. The first-order valence-corrected chi connectivity index (χ1v) is 7.17. The van der Waals surface area contributed by atoms with Crippen molar-refractivity contribution in [3.63, 3.8) is 0 Å². The Morgan fingerprint density at radius 1 is 1.38 bits per heavy atom. The molecule has 5 nitrogen and oxygen atoms in total. The van der Waals surface area contributed by atoms with Crippen LogP contribution in [0.25, 0.3) is 0 Å². The van der Waals surface area contributed by atoms with Crippen molar-refractivity contribution < 1.29 is 19.1 Å². The maximum atomic E-state index is 12.1. The maximum Gasteiger partial charge on any atom is 0.223 e. The molecule has 0 bridgehead atoms. The van der Waals surface area contributed by atoms with Gasteiger partial charge in [0.2, 0.25) is 5.91 Å². The number of morpholine rings is 1. The molecule has 1 aromatic carbocycles. The van der Waals surface area contributed by atoms with Crippen LogP contribution in [0.3, 0.4) is 0 Å². The predicted molar refractivity (Wildman–Crippen MR) is 78.6 cm³/mol. The van der Waals surface area contributed by atoms with Gasteiger partial charge in [-0.05, 0) is 19.1 Å². The van der Waals surface area contributed by atoms with Crippen molar-refractivity contribution >= 4 is 11.7 Å². The number of amides is 1. The minimum atomic E-state index is -0.0384. The molecule has 1 aromatic rings. The van der Waals surface area contributed by atoms with Crippen LogP contribution in [0.15, 0.2) is 24.3 Å². The van der Waals surface area contributed by atoms with Crippen molar-refractivity contribution in [1.82, 2.24) is 4.90 Å². The molecule has 0 spiro atoms. The third kappa shape index (κ3) is 4.29. The number of ketones is 1. The van der Waals surface area contributed by atoms with Crippen molar-refractivity contribution in [1.29, 1.82) is 0 Å². The van der Waals surface area contributed by atoms with Crippen LogP contribution in [0.5, 0.6) is 5.75 Å². The number of nitrogens with zero attached hydrogens (tertiary/aromatic N) is 1. The third-order valence-corrected chi connectivity index (χ3v) is 3.55. The van der Waals surface area contributed by atoms with E-state index in [1.165, 1.54) is 0 Å². The quantitative estimate of drug-likeness (QED) is 0.778. The zero-order valence-corrected chi connectivity index (χ0v) is 12.5. The Morgan fingerprint density at radius 2 is 2.19 bits per heavy atom. The monoisotopic (exact) mass is 291 g/mol. The van der Waals surface area contributed by atoms with Crippen molar-refractivity contribution in [3.8, 4) is 5.75 Å². The lowest BCUT2D eigenvalue weighted by Crippen LogP contribution is -2.44. The summed E-state index contributed by atoms with van der Waals surface area (Å²) in [6.07, 6.45) is 0.525. The number of benzene rings is 1. The molecular formula is C16H21NO4. The molecule has 1 saturated heterocycles.